The van der Waals surface area contributed by atoms with Gasteiger partial charge in [-0.1, -0.05) is 0 Å². The molecule has 2 aromatic rings. The molecule has 0 heterocycles. The summed E-state index contributed by atoms with van der Waals surface area (Å²) in [6.45, 7) is 24.5. The molecule has 0 atom stereocenters. The minimum atomic E-state index is -2.13. The van der Waals surface area contributed by atoms with E-state index in [-0.39, 0.29) is 35.6 Å². The fourth-order valence-corrected chi connectivity index (χ4v) is 30.6. The summed E-state index contributed by atoms with van der Waals surface area (Å²) in [6.07, 6.45) is 9.64. The minimum absolute atomic E-state index is 0. The van der Waals surface area contributed by atoms with Gasteiger partial charge in [0.25, 0.3) is 0 Å². The van der Waals surface area contributed by atoms with Crippen molar-refractivity contribution in [1.29, 1.82) is 0 Å². The van der Waals surface area contributed by atoms with E-state index in [4.69, 9.17) is 0 Å². The average Bonchev–Trinajstić information content (AvgIpc) is 3.36. The topological polar surface area (TPSA) is 0 Å². The third kappa shape index (κ3) is 6.09. The maximum atomic E-state index is 2.54. The molecular weight excluding hydrogens is 575 g/mol. The zero-order valence-corrected chi connectivity index (χ0v) is 28.9. The molecule has 36 heavy (non-hydrogen) atoms. The summed E-state index contributed by atoms with van der Waals surface area (Å²) in [5, 5.41) is 0. The molecule has 0 nitrogen and oxygen atoms in total. The Balaban J connectivity index is 0.00000228. The van der Waals surface area contributed by atoms with Gasteiger partial charge >= 0.3 is 218 Å². The van der Waals surface area contributed by atoms with Crippen LogP contribution in [0.3, 0.4) is 0 Å². The first kappa shape index (κ1) is 31.8. The van der Waals surface area contributed by atoms with E-state index in [0.717, 1.165) is 17.5 Å². The van der Waals surface area contributed by atoms with Crippen LogP contribution >= 0.6 is 0 Å². The number of allylic oxidation sites excluding steroid dienone is 4. The van der Waals surface area contributed by atoms with Crippen LogP contribution in [0.4, 0.5) is 0 Å². The van der Waals surface area contributed by atoms with Crippen LogP contribution in [-0.4, -0.2) is 5.43 Å². The van der Waals surface area contributed by atoms with E-state index in [0.29, 0.717) is 0 Å². The molecular formula is C32H44Cl2SiZr. The smallest absolute Gasteiger partial charge is 1.00 e. The number of halogens is 2. The summed E-state index contributed by atoms with van der Waals surface area (Å²) in [4.78, 5) is 0. The summed E-state index contributed by atoms with van der Waals surface area (Å²) >= 11 is -2.13. The maximum Gasteiger partial charge on any atom is -1.00 e. The largest absolute Gasteiger partial charge is 1.00 e. The molecule has 0 amide bonds. The van der Waals surface area contributed by atoms with Crippen molar-refractivity contribution in [2.45, 2.75) is 104 Å². The zero-order chi connectivity index (χ0) is 25.0. The van der Waals surface area contributed by atoms with Gasteiger partial charge in [0.2, 0.25) is 0 Å². The van der Waals surface area contributed by atoms with Crippen LogP contribution in [-0.2, 0) is 37.6 Å². The van der Waals surface area contributed by atoms with Gasteiger partial charge in [0, 0.05) is 0 Å². The van der Waals surface area contributed by atoms with E-state index in [1.165, 1.54) is 23.1 Å². The summed E-state index contributed by atoms with van der Waals surface area (Å²) in [6, 6.07) is 12.3. The fourth-order valence-electron chi connectivity index (χ4n) is 6.02. The van der Waals surface area contributed by atoms with Crippen molar-refractivity contribution in [3.8, 4) is 11.1 Å². The summed E-state index contributed by atoms with van der Waals surface area (Å²) in [5.74, 6) is 0. The van der Waals surface area contributed by atoms with Crippen molar-refractivity contribution in [3.63, 3.8) is 0 Å². The first-order valence-corrected chi connectivity index (χ1v) is 21.0. The first-order valence-electron chi connectivity index (χ1n) is 13.2. The predicted octanol–water partition coefficient (Wildman–Crippen LogP) is 2.76. The number of hydrogen-bond donors (Lipinski definition) is 0. The molecule has 0 N–H and O–H groups in total. The van der Waals surface area contributed by atoms with Crippen molar-refractivity contribution in [3.05, 3.63) is 74.1 Å². The molecule has 0 saturated carbocycles. The molecule has 0 bridgehead atoms. The zero-order valence-electron chi connectivity index (χ0n) is 23.9. The Morgan fingerprint density at radius 3 is 1.92 bits per heavy atom. The first-order chi connectivity index (χ1) is 15.8. The van der Waals surface area contributed by atoms with Gasteiger partial charge in [-0.3, -0.25) is 0 Å². The Kier molecular flexibility index (Phi) is 10.4. The predicted molar refractivity (Wildman–Crippen MR) is 150 cm³/mol. The van der Waals surface area contributed by atoms with Crippen LogP contribution in [0.15, 0.2) is 51.8 Å². The van der Waals surface area contributed by atoms with Gasteiger partial charge in [-0.2, -0.15) is 0 Å². The van der Waals surface area contributed by atoms with Crippen LogP contribution in [0.5, 0.6) is 0 Å². The van der Waals surface area contributed by atoms with Crippen molar-refractivity contribution in [2.24, 2.45) is 0 Å². The third-order valence-electron chi connectivity index (χ3n) is 7.62. The molecule has 0 radical (unpaired) electrons. The summed E-state index contributed by atoms with van der Waals surface area (Å²) in [7, 11) is 0. The van der Waals surface area contributed by atoms with Crippen molar-refractivity contribution in [2.75, 3.05) is 0 Å². The van der Waals surface area contributed by atoms with Crippen LogP contribution in [0, 0.1) is 0 Å². The van der Waals surface area contributed by atoms with Gasteiger partial charge in [-0.05, 0) is 0 Å². The standard InChI is InChI=1S/C21H25.C6H14Si.C5H5.2ClH.Zr/c1-20(2,3)16-7-9-18-14(12-16)11-15-13-17(21(4,5)6)8-10-19(15)18;1-5(2)7-6(3)4;1-2-4-5-3-1;;;/h7-10,12H,11H2,1-6H3;5-6H,1-4H3;1-3H,4H2;2*1H;/q;;;;;+2/p-2. The molecule has 4 heteroatoms. The fraction of sp³-hybridized carbons (Fsp3) is 0.500. The number of benzene rings is 2. The van der Waals surface area contributed by atoms with Gasteiger partial charge < -0.3 is 24.8 Å². The monoisotopic (exact) mass is 616 g/mol. The molecule has 2 aromatic carbocycles. The Bertz CT molecular complexity index is 1210. The van der Waals surface area contributed by atoms with Gasteiger partial charge in [0.05, 0.1) is 0 Å². The molecule has 0 aliphatic heterocycles. The summed E-state index contributed by atoms with van der Waals surface area (Å²) < 4.78 is 3.73. The second kappa shape index (κ2) is 11.8. The Labute approximate surface area is 241 Å². The molecule has 194 valence electrons. The van der Waals surface area contributed by atoms with Gasteiger partial charge in [0.15, 0.2) is 0 Å². The van der Waals surface area contributed by atoms with Crippen LogP contribution in [0.25, 0.3) is 11.1 Å². The van der Waals surface area contributed by atoms with Gasteiger partial charge in [-0.25, -0.2) is 0 Å². The second-order valence-electron chi connectivity index (χ2n) is 13.0. The summed E-state index contributed by atoms with van der Waals surface area (Å²) in [5.41, 5.74) is 10.9. The van der Waals surface area contributed by atoms with E-state index < -0.39 is 25.8 Å². The average molecular weight is 619 g/mol. The molecule has 0 aromatic heterocycles. The second-order valence-corrected chi connectivity index (χ2v) is 28.1. The molecule has 0 saturated heterocycles. The van der Waals surface area contributed by atoms with E-state index in [1.54, 1.807) is 16.7 Å². The molecule has 2 aliphatic carbocycles. The van der Waals surface area contributed by atoms with E-state index in [1.807, 2.05) is 6.55 Å². The minimum Gasteiger partial charge on any atom is -1.00 e. The van der Waals surface area contributed by atoms with Crippen LogP contribution in [0.2, 0.25) is 11.1 Å². The van der Waals surface area contributed by atoms with Gasteiger partial charge in [0.1, 0.15) is 0 Å². The molecule has 0 fully saturated rings. The van der Waals surface area contributed by atoms with Crippen molar-refractivity contribution >= 4 is 8.70 Å². The number of fused-ring (bicyclic) bond motifs is 3. The Morgan fingerprint density at radius 1 is 0.806 bits per heavy atom. The number of rotatable bonds is 4. The van der Waals surface area contributed by atoms with Crippen molar-refractivity contribution < 1.29 is 45.2 Å². The maximum absolute atomic E-state index is 2.54. The SMILES string of the molecule is CC(C)[Si](C(C)C)=[Zr+2]([C]1=CC=CC1)[c]1c(C(C)(C)C)ccc2c1Cc1cc(C(C)(C)C)ccc1-2.[Cl-].[Cl-]. The molecule has 2 aliphatic rings. The Morgan fingerprint density at radius 2 is 1.42 bits per heavy atom. The Hall–Kier alpha value is -0.400. The quantitative estimate of drug-likeness (QED) is 0.395. The van der Waals surface area contributed by atoms with Gasteiger partial charge in [-0.15, -0.1) is 0 Å². The van der Waals surface area contributed by atoms with Crippen molar-refractivity contribution in [1.82, 2.24) is 0 Å². The number of hydrogen-bond acceptors (Lipinski definition) is 0. The van der Waals surface area contributed by atoms with E-state index >= 15 is 0 Å². The van der Waals surface area contributed by atoms with Crippen LogP contribution in [0.1, 0.15) is 97.9 Å². The third-order valence-corrected chi connectivity index (χ3v) is 32.0. The molecule has 0 unspecified atom stereocenters. The van der Waals surface area contributed by atoms with E-state index in [2.05, 4.69) is 118 Å². The molecule has 4 rings (SSSR count). The molecule has 0 spiro atoms. The van der Waals surface area contributed by atoms with E-state index in [9.17, 15) is 0 Å². The normalized spacial score (nSPS) is 14.0. The van der Waals surface area contributed by atoms with Crippen LogP contribution < -0.4 is 28.1 Å².